The molecule has 0 aliphatic carbocycles. The van der Waals surface area contributed by atoms with Gasteiger partial charge in [-0.25, -0.2) is 9.59 Å². The number of carbonyl (C=O) groups excluding carboxylic acids is 2. The van der Waals surface area contributed by atoms with Gasteiger partial charge in [-0.3, -0.25) is 0 Å². The van der Waals surface area contributed by atoms with Crippen molar-refractivity contribution in [3.63, 3.8) is 0 Å². The average Bonchev–Trinajstić information content (AvgIpc) is 2.78. The summed E-state index contributed by atoms with van der Waals surface area (Å²) in [5, 5.41) is 3.96. The van der Waals surface area contributed by atoms with Crippen LogP contribution in [0.5, 0.6) is 0 Å². The van der Waals surface area contributed by atoms with Crippen LogP contribution in [-0.4, -0.2) is 26.2 Å². The van der Waals surface area contributed by atoms with Crippen molar-refractivity contribution in [1.29, 1.82) is 0 Å². The van der Waals surface area contributed by atoms with Gasteiger partial charge in [0.1, 0.15) is 0 Å². The van der Waals surface area contributed by atoms with Crippen LogP contribution in [-0.2, 0) is 15.9 Å². The number of hydrogen-bond acceptors (Lipinski definition) is 4. The van der Waals surface area contributed by atoms with Gasteiger partial charge in [0.15, 0.2) is 0 Å². The Balaban J connectivity index is 2.01. The summed E-state index contributed by atoms with van der Waals surface area (Å²) < 4.78 is 10.0. The largest absolute Gasteiger partial charge is 0.465 e. The molecule has 4 aromatic carbocycles. The zero-order chi connectivity index (χ0) is 20.4. The second-order valence-corrected chi connectivity index (χ2v) is 6.79. The molecule has 0 N–H and O–H groups in total. The molecule has 0 atom stereocenters. The molecule has 29 heavy (non-hydrogen) atoms. The second-order valence-electron chi connectivity index (χ2n) is 6.79. The van der Waals surface area contributed by atoms with E-state index in [2.05, 4.69) is 0 Å². The summed E-state index contributed by atoms with van der Waals surface area (Å²) in [6.07, 6.45) is 0.400. The Bertz CT molecular complexity index is 1140. The molecule has 0 unspecified atom stereocenters. The monoisotopic (exact) mass is 384 g/mol. The van der Waals surface area contributed by atoms with Gasteiger partial charge in [-0.05, 0) is 44.8 Å². The third kappa shape index (κ3) is 3.34. The van der Waals surface area contributed by atoms with Crippen LogP contribution in [0.3, 0.4) is 0 Å². The molecule has 0 aliphatic heterocycles. The predicted octanol–water partition coefficient (Wildman–Crippen LogP) is 5.16. The summed E-state index contributed by atoms with van der Waals surface area (Å²) in [5.41, 5.74) is 2.65. The van der Waals surface area contributed by atoms with Gasteiger partial charge >= 0.3 is 11.9 Å². The highest BCUT2D eigenvalue weighted by atomic mass is 16.5. The standard InChI is InChI=1S/C25H20O4/c1-28-24(26)20-13-11-16-7-3-5-9-18(16)22(20)15-23-19-10-6-4-8-17(19)12-14-21(23)25(27)29-2/h3-14H,15H2,1-2H3. The maximum Gasteiger partial charge on any atom is 0.338 e. The quantitative estimate of drug-likeness (QED) is 0.456. The number of fused-ring (bicyclic) bond motifs is 2. The molecule has 0 heterocycles. The van der Waals surface area contributed by atoms with E-state index in [0.29, 0.717) is 17.5 Å². The molecular formula is C25H20O4. The first kappa shape index (κ1) is 18.7. The molecule has 0 radical (unpaired) electrons. The van der Waals surface area contributed by atoms with Crippen molar-refractivity contribution >= 4 is 33.5 Å². The van der Waals surface area contributed by atoms with E-state index in [0.717, 1.165) is 32.7 Å². The molecule has 4 rings (SSSR count). The number of benzene rings is 4. The number of carbonyl (C=O) groups is 2. The number of rotatable bonds is 4. The lowest BCUT2D eigenvalue weighted by Gasteiger charge is -2.16. The van der Waals surface area contributed by atoms with Crippen LogP contribution in [0.2, 0.25) is 0 Å². The van der Waals surface area contributed by atoms with Crippen LogP contribution in [0.15, 0.2) is 72.8 Å². The molecule has 0 spiro atoms. The number of methoxy groups -OCH3 is 2. The van der Waals surface area contributed by atoms with E-state index >= 15 is 0 Å². The van der Waals surface area contributed by atoms with E-state index in [-0.39, 0.29) is 0 Å². The zero-order valence-corrected chi connectivity index (χ0v) is 16.3. The third-order valence-electron chi connectivity index (χ3n) is 5.25. The van der Waals surface area contributed by atoms with E-state index in [4.69, 9.17) is 9.47 Å². The average molecular weight is 384 g/mol. The lowest BCUT2D eigenvalue weighted by Crippen LogP contribution is -2.10. The van der Waals surface area contributed by atoms with Crippen molar-refractivity contribution in [2.24, 2.45) is 0 Å². The second kappa shape index (κ2) is 7.76. The molecule has 0 saturated heterocycles. The SMILES string of the molecule is COC(=O)c1ccc2ccccc2c1Cc1c(C(=O)OC)ccc2ccccc12. The lowest BCUT2D eigenvalue weighted by molar-refractivity contribution is 0.0592. The molecule has 4 nitrogen and oxygen atoms in total. The van der Waals surface area contributed by atoms with Gasteiger partial charge in [-0.1, -0.05) is 60.7 Å². The minimum Gasteiger partial charge on any atom is -0.465 e. The first-order valence-electron chi connectivity index (χ1n) is 9.32. The molecule has 0 bridgehead atoms. The van der Waals surface area contributed by atoms with Crippen molar-refractivity contribution < 1.29 is 19.1 Å². The van der Waals surface area contributed by atoms with Crippen molar-refractivity contribution in [1.82, 2.24) is 0 Å². The highest BCUT2D eigenvalue weighted by Gasteiger charge is 2.20. The molecule has 0 fully saturated rings. The fourth-order valence-corrected chi connectivity index (χ4v) is 3.83. The van der Waals surface area contributed by atoms with Crippen LogP contribution < -0.4 is 0 Å². The summed E-state index contributed by atoms with van der Waals surface area (Å²) in [5.74, 6) is -0.795. The third-order valence-corrected chi connectivity index (χ3v) is 5.25. The summed E-state index contributed by atoms with van der Waals surface area (Å²) in [7, 11) is 2.75. The summed E-state index contributed by atoms with van der Waals surface area (Å²) >= 11 is 0. The molecule has 0 amide bonds. The Morgan fingerprint density at radius 3 is 1.45 bits per heavy atom. The first-order valence-corrected chi connectivity index (χ1v) is 9.32. The summed E-state index contributed by atoms with van der Waals surface area (Å²) in [6.45, 7) is 0. The van der Waals surface area contributed by atoms with Crippen molar-refractivity contribution in [3.8, 4) is 0 Å². The van der Waals surface area contributed by atoms with Crippen molar-refractivity contribution in [3.05, 3.63) is 95.1 Å². The first-order chi connectivity index (χ1) is 14.1. The fraction of sp³-hybridized carbons (Fsp3) is 0.120. The maximum absolute atomic E-state index is 12.5. The van der Waals surface area contributed by atoms with Gasteiger partial charge in [0.2, 0.25) is 0 Å². The van der Waals surface area contributed by atoms with Crippen LogP contribution in [0, 0.1) is 0 Å². The molecule has 144 valence electrons. The Morgan fingerprint density at radius 2 is 1.03 bits per heavy atom. The van der Waals surface area contributed by atoms with E-state index in [1.54, 1.807) is 12.1 Å². The summed E-state index contributed by atoms with van der Waals surface area (Å²) in [4.78, 5) is 25.0. The van der Waals surface area contributed by atoms with Gasteiger partial charge in [0.25, 0.3) is 0 Å². The smallest absolute Gasteiger partial charge is 0.338 e. The van der Waals surface area contributed by atoms with E-state index in [9.17, 15) is 9.59 Å². The lowest BCUT2D eigenvalue weighted by atomic mass is 9.89. The molecule has 4 aromatic rings. The van der Waals surface area contributed by atoms with Crippen molar-refractivity contribution in [2.45, 2.75) is 6.42 Å². The Hall–Kier alpha value is -3.66. The minimum atomic E-state index is -0.398. The van der Waals surface area contributed by atoms with E-state index in [1.807, 2.05) is 60.7 Å². The molecule has 4 heteroatoms. The Labute approximate surface area is 168 Å². The predicted molar refractivity (Wildman–Crippen MR) is 113 cm³/mol. The zero-order valence-electron chi connectivity index (χ0n) is 16.3. The van der Waals surface area contributed by atoms with Crippen LogP contribution in [0.1, 0.15) is 31.8 Å². The number of ether oxygens (including phenoxy) is 2. The fourth-order valence-electron chi connectivity index (χ4n) is 3.83. The van der Waals surface area contributed by atoms with Gasteiger partial charge < -0.3 is 9.47 Å². The van der Waals surface area contributed by atoms with Gasteiger partial charge in [0, 0.05) is 6.42 Å². The molecule has 0 saturated carbocycles. The topological polar surface area (TPSA) is 52.6 Å². The minimum absolute atomic E-state index is 0.398. The van der Waals surface area contributed by atoms with Crippen LogP contribution >= 0.6 is 0 Å². The van der Waals surface area contributed by atoms with Crippen LogP contribution in [0.25, 0.3) is 21.5 Å². The van der Waals surface area contributed by atoms with E-state index in [1.165, 1.54) is 14.2 Å². The highest BCUT2D eigenvalue weighted by molar-refractivity contribution is 6.02. The normalized spacial score (nSPS) is 10.8. The van der Waals surface area contributed by atoms with E-state index < -0.39 is 11.9 Å². The Kier molecular flexibility index (Phi) is 5.00. The van der Waals surface area contributed by atoms with Gasteiger partial charge in [-0.15, -0.1) is 0 Å². The highest BCUT2D eigenvalue weighted by Crippen LogP contribution is 2.31. The Morgan fingerprint density at radius 1 is 0.621 bits per heavy atom. The number of hydrogen-bond donors (Lipinski definition) is 0. The van der Waals surface area contributed by atoms with Crippen molar-refractivity contribution in [2.75, 3.05) is 14.2 Å². The maximum atomic E-state index is 12.5. The molecule has 0 aliphatic rings. The molecular weight excluding hydrogens is 364 g/mol. The number of esters is 2. The summed E-state index contributed by atoms with van der Waals surface area (Å²) in [6, 6.07) is 23.2. The van der Waals surface area contributed by atoms with Gasteiger partial charge in [-0.2, -0.15) is 0 Å². The molecule has 0 aromatic heterocycles. The van der Waals surface area contributed by atoms with Gasteiger partial charge in [0.05, 0.1) is 25.3 Å². The van der Waals surface area contributed by atoms with Crippen LogP contribution in [0.4, 0.5) is 0 Å².